The van der Waals surface area contributed by atoms with Crippen LogP contribution in [0.1, 0.15) is 26.3 Å². The Morgan fingerprint density at radius 1 is 1.06 bits per heavy atom. The van der Waals surface area contributed by atoms with Gasteiger partial charge in [0.05, 0.1) is 27.6 Å². The third kappa shape index (κ3) is 3.29. The van der Waals surface area contributed by atoms with Crippen LogP contribution in [0.3, 0.4) is 0 Å². The molecule has 1 N–H and O–H groups in total. The highest BCUT2D eigenvalue weighted by atomic mass is 79.9. The molecule has 0 spiro atoms. The van der Waals surface area contributed by atoms with Crippen molar-refractivity contribution in [1.82, 2.24) is 14.5 Å². The van der Waals surface area contributed by atoms with Gasteiger partial charge in [0.15, 0.2) is 8.24 Å². The first-order valence-electron chi connectivity index (χ1n) is 9.97. The minimum atomic E-state index is -2.48. The van der Waals surface area contributed by atoms with Gasteiger partial charge in [0.25, 0.3) is 11.8 Å². The molecule has 0 fully saturated rings. The number of pyridine rings is 1. The van der Waals surface area contributed by atoms with Gasteiger partial charge >= 0.3 is 0 Å². The molecule has 5 nitrogen and oxygen atoms in total. The highest BCUT2D eigenvalue weighted by Gasteiger charge is 2.52. The Hall–Kier alpha value is -2.58. The van der Waals surface area contributed by atoms with Crippen molar-refractivity contribution >= 4 is 52.5 Å². The van der Waals surface area contributed by atoms with Gasteiger partial charge in [-0.25, -0.2) is 4.39 Å². The van der Waals surface area contributed by atoms with Crippen LogP contribution in [-0.4, -0.2) is 34.6 Å². The topological polar surface area (TPSA) is 66.1 Å². The Balaban J connectivity index is 1.97. The van der Waals surface area contributed by atoms with Crippen LogP contribution in [0.4, 0.5) is 4.39 Å². The number of aromatic amines is 1. The number of amides is 2. The van der Waals surface area contributed by atoms with Crippen molar-refractivity contribution in [2.24, 2.45) is 0 Å². The second-order valence-electron chi connectivity index (χ2n) is 9.23. The molecule has 2 aromatic heterocycles. The van der Waals surface area contributed by atoms with E-state index in [2.05, 4.69) is 46.7 Å². The molecule has 0 unspecified atom stereocenters. The average molecular weight is 500 g/mol. The minimum Gasteiger partial charge on any atom is -0.353 e. The van der Waals surface area contributed by atoms with Gasteiger partial charge in [-0.05, 0) is 39.2 Å². The summed E-state index contributed by atoms with van der Waals surface area (Å²) in [4.78, 5) is 34.6. The highest BCUT2D eigenvalue weighted by molar-refractivity contribution is 9.12. The Labute approximate surface area is 189 Å². The van der Waals surface area contributed by atoms with Crippen molar-refractivity contribution < 1.29 is 14.0 Å². The lowest BCUT2D eigenvalue weighted by Crippen LogP contribution is -2.57. The standard InChI is InChI=1S/C23H23BrFN3O2Si/c1-23(2,3)31(4,5)28-21(29)18(19(24)22(28)30)17-14-8-6-7-9-15(14)27-20(17)16-11-10-13(25)12-26-16/h6-12,27H,1-5H3. The molecule has 0 atom stereocenters. The molecule has 3 heterocycles. The van der Waals surface area contributed by atoms with E-state index in [0.29, 0.717) is 22.5 Å². The molecule has 8 heteroatoms. The molecule has 4 rings (SSSR count). The normalized spacial score (nSPS) is 15.5. The quantitative estimate of drug-likeness (QED) is 0.363. The SMILES string of the molecule is CC(C)(C)[Si](C)(C)N1C(=O)C(Br)=C(c2c(-c3ccc(F)cn3)[nH]c3ccccc23)C1=O. The summed E-state index contributed by atoms with van der Waals surface area (Å²) in [7, 11) is -2.48. The Morgan fingerprint density at radius 3 is 2.35 bits per heavy atom. The lowest BCUT2D eigenvalue weighted by atomic mass is 10.0. The molecular weight excluding hydrogens is 477 g/mol. The summed E-state index contributed by atoms with van der Waals surface area (Å²) in [5.74, 6) is -1.07. The number of imide groups is 1. The molecule has 1 aliphatic rings. The largest absolute Gasteiger partial charge is 0.353 e. The summed E-state index contributed by atoms with van der Waals surface area (Å²) in [6.07, 6.45) is 1.14. The van der Waals surface area contributed by atoms with Crippen LogP contribution in [0.25, 0.3) is 27.9 Å². The van der Waals surface area contributed by atoms with E-state index in [1.54, 1.807) is 6.07 Å². The number of H-pyrrole nitrogens is 1. The van der Waals surface area contributed by atoms with Gasteiger partial charge < -0.3 is 9.55 Å². The predicted octanol–water partition coefficient (Wildman–Crippen LogP) is 5.85. The Morgan fingerprint density at radius 2 is 1.74 bits per heavy atom. The number of hydrogen-bond donors (Lipinski definition) is 1. The fourth-order valence-corrected chi connectivity index (χ4v) is 6.30. The van der Waals surface area contributed by atoms with E-state index < -0.39 is 14.1 Å². The van der Waals surface area contributed by atoms with Crippen LogP contribution in [-0.2, 0) is 9.59 Å². The van der Waals surface area contributed by atoms with E-state index >= 15 is 0 Å². The van der Waals surface area contributed by atoms with Crippen molar-refractivity contribution in [2.45, 2.75) is 38.9 Å². The molecular formula is C23H23BrFN3O2Si. The molecule has 0 saturated heterocycles. The van der Waals surface area contributed by atoms with Gasteiger partial charge in [0, 0.05) is 16.5 Å². The summed E-state index contributed by atoms with van der Waals surface area (Å²) in [5.41, 5.74) is 2.78. The number of aromatic nitrogens is 2. The van der Waals surface area contributed by atoms with Crippen molar-refractivity contribution in [2.75, 3.05) is 0 Å². The number of rotatable bonds is 3. The third-order valence-electron chi connectivity index (χ3n) is 6.36. The molecule has 160 valence electrons. The van der Waals surface area contributed by atoms with E-state index in [4.69, 9.17) is 0 Å². The molecule has 0 bridgehead atoms. The third-order valence-corrected chi connectivity index (χ3v) is 12.3. The zero-order valence-electron chi connectivity index (χ0n) is 18.0. The van der Waals surface area contributed by atoms with Crippen molar-refractivity contribution in [3.63, 3.8) is 0 Å². The summed E-state index contributed by atoms with van der Waals surface area (Å²) in [6.45, 7) is 10.2. The smallest absolute Gasteiger partial charge is 0.260 e. The van der Waals surface area contributed by atoms with Crippen molar-refractivity contribution in [1.29, 1.82) is 0 Å². The van der Waals surface area contributed by atoms with E-state index in [1.165, 1.54) is 10.6 Å². The first-order chi connectivity index (χ1) is 14.4. The number of benzene rings is 1. The number of carbonyl (C=O) groups excluding carboxylic acids is 2. The van der Waals surface area contributed by atoms with Crippen LogP contribution < -0.4 is 0 Å². The van der Waals surface area contributed by atoms with Gasteiger partial charge in [-0.3, -0.25) is 14.6 Å². The zero-order valence-corrected chi connectivity index (χ0v) is 20.6. The summed E-state index contributed by atoms with van der Waals surface area (Å²) < 4.78 is 15.2. The number of fused-ring (bicyclic) bond motifs is 1. The molecule has 31 heavy (non-hydrogen) atoms. The number of halogens is 2. The lowest BCUT2D eigenvalue weighted by Gasteiger charge is -2.42. The maximum Gasteiger partial charge on any atom is 0.260 e. The summed E-state index contributed by atoms with van der Waals surface area (Å²) in [6, 6.07) is 10.4. The van der Waals surface area contributed by atoms with Crippen LogP contribution in [0.15, 0.2) is 47.1 Å². The van der Waals surface area contributed by atoms with Crippen LogP contribution >= 0.6 is 15.9 Å². The second kappa shape index (κ2) is 7.24. The zero-order chi connectivity index (χ0) is 22.7. The minimum absolute atomic E-state index is 0.206. The molecule has 2 amide bonds. The van der Waals surface area contributed by atoms with Crippen LogP contribution in [0.2, 0.25) is 18.1 Å². The summed E-state index contributed by atoms with van der Waals surface area (Å²) in [5, 5.41) is 0.594. The van der Waals surface area contributed by atoms with Gasteiger partial charge in [-0.2, -0.15) is 0 Å². The molecule has 3 aromatic rings. The van der Waals surface area contributed by atoms with Gasteiger partial charge in [0.2, 0.25) is 0 Å². The van der Waals surface area contributed by atoms with E-state index in [-0.39, 0.29) is 21.3 Å². The average Bonchev–Trinajstić information content (AvgIpc) is 3.16. The number of nitrogens with one attached hydrogen (secondary N) is 1. The fourth-order valence-electron chi connectivity index (χ4n) is 3.68. The van der Waals surface area contributed by atoms with Gasteiger partial charge in [-0.1, -0.05) is 52.1 Å². The molecule has 0 saturated carbocycles. The first kappa shape index (κ1) is 21.6. The number of hydrogen-bond acceptors (Lipinski definition) is 3. The number of para-hydroxylation sites is 1. The lowest BCUT2D eigenvalue weighted by molar-refractivity contribution is -0.131. The first-order valence-corrected chi connectivity index (χ1v) is 13.7. The van der Waals surface area contributed by atoms with E-state index in [0.717, 1.165) is 17.1 Å². The molecule has 1 aromatic carbocycles. The number of nitrogens with zero attached hydrogens (tertiary/aromatic N) is 2. The highest BCUT2D eigenvalue weighted by Crippen LogP contribution is 2.47. The maximum absolute atomic E-state index is 13.8. The summed E-state index contributed by atoms with van der Waals surface area (Å²) >= 11 is 3.43. The van der Waals surface area contributed by atoms with E-state index in [9.17, 15) is 14.0 Å². The van der Waals surface area contributed by atoms with E-state index in [1.807, 2.05) is 37.4 Å². The maximum atomic E-state index is 13.8. The fraction of sp³-hybridized carbons (Fsp3) is 0.261. The number of carbonyl (C=O) groups is 2. The van der Waals surface area contributed by atoms with Crippen molar-refractivity contribution in [3.05, 3.63) is 58.5 Å². The monoisotopic (exact) mass is 499 g/mol. The molecule has 1 aliphatic heterocycles. The van der Waals surface area contributed by atoms with Crippen LogP contribution in [0.5, 0.6) is 0 Å². The van der Waals surface area contributed by atoms with Gasteiger partial charge in [-0.15, -0.1) is 0 Å². The second-order valence-corrected chi connectivity index (χ2v) is 15.1. The van der Waals surface area contributed by atoms with Gasteiger partial charge in [0.1, 0.15) is 5.82 Å². The molecule has 0 aliphatic carbocycles. The Kier molecular flexibility index (Phi) is 5.05. The Bertz CT molecular complexity index is 1260. The predicted molar refractivity (Wildman–Crippen MR) is 126 cm³/mol. The van der Waals surface area contributed by atoms with Crippen molar-refractivity contribution in [3.8, 4) is 11.4 Å². The van der Waals surface area contributed by atoms with Crippen LogP contribution in [0, 0.1) is 5.82 Å². The molecule has 0 radical (unpaired) electrons.